The summed E-state index contributed by atoms with van der Waals surface area (Å²) in [6.07, 6.45) is 3.55. The fraction of sp³-hybridized carbons (Fsp3) is 0.250. The highest BCUT2D eigenvalue weighted by Gasteiger charge is 2.06. The fourth-order valence-corrected chi connectivity index (χ4v) is 1.74. The van der Waals surface area contributed by atoms with Crippen molar-refractivity contribution < 1.29 is 5.41 Å². The lowest BCUT2D eigenvalue weighted by Gasteiger charge is -2.10. The normalized spacial score (nSPS) is 12.9. The minimum absolute atomic E-state index is 0.364. The molecule has 3 heteroatoms. The van der Waals surface area contributed by atoms with Crippen molar-refractivity contribution in [1.29, 1.82) is 0 Å². The van der Waals surface area contributed by atoms with Crippen molar-refractivity contribution in [3.63, 3.8) is 0 Å². The highest BCUT2D eigenvalue weighted by molar-refractivity contribution is 5.97. The first-order valence-corrected chi connectivity index (χ1v) is 5.09. The molecule has 0 radical (unpaired) electrons. The zero-order valence-corrected chi connectivity index (χ0v) is 9.04. The van der Waals surface area contributed by atoms with Gasteiger partial charge in [0.05, 0.1) is 5.56 Å². The second kappa shape index (κ2) is 3.87. The van der Waals surface area contributed by atoms with Crippen LogP contribution in [0.3, 0.4) is 0 Å². The van der Waals surface area contributed by atoms with Gasteiger partial charge < -0.3 is 10.3 Å². The van der Waals surface area contributed by atoms with E-state index in [9.17, 15) is 0 Å². The first-order chi connectivity index (χ1) is 7.26. The summed E-state index contributed by atoms with van der Waals surface area (Å²) < 4.78 is 0. The highest BCUT2D eigenvalue weighted by atomic mass is 14.9. The molecule has 0 aliphatic heterocycles. The van der Waals surface area contributed by atoms with Gasteiger partial charge in [-0.05, 0) is 25.6 Å². The molecule has 1 unspecified atom stereocenters. The van der Waals surface area contributed by atoms with E-state index >= 15 is 0 Å². The van der Waals surface area contributed by atoms with Gasteiger partial charge in [-0.2, -0.15) is 0 Å². The number of nitrogens with one attached hydrogen (secondary N) is 2. The Morgan fingerprint density at radius 1 is 1.47 bits per heavy atom. The Labute approximate surface area is 89.0 Å². The molecule has 78 valence electrons. The number of benzene rings is 1. The third-order valence-electron chi connectivity index (χ3n) is 2.85. The third-order valence-corrected chi connectivity index (χ3v) is 2.85. The Morgan fingerprint density at radius 3 is 2.93 bits per heavy atom. The van der Waals surface area contributed by atoms with Gasteiger partial charge in [-0.1, -0.05) is 12.1 Å². The topological polar surface area (TPSA) is 53.4 Å². The zero-order chi connectivity index (χ0) is 10.8. The summed E-state index contributed by atoms with van der Waals surface area (Å²) in [6, 6.07) is 6.75. The molecule has 0 aliphatic rings. The average Bonchev–Trinajstić information content (AvgIpc) is 2.69. The highest BCUT2D eigenvalue weighted by Crippen LogP contribution is 2.21. The summed E-state index contributed by atoms with van der Waals surface area (Å²) in [7, 11) is 1.96. The van der Waals surface area contributed by atoms with Crippen LogP contribution >= 0.6 is 0 Å². The molecular weight excluding hydrogens is 186 g/mol. The standard InChI is InChI=1S/C12H15N3/c1-8(14-2)9-3-4-11-10(6-13)7-15-12(11)5-9/h3-8,13-15H,1-2H3/p+1. The molecule has 1 heterocycles. The maximum atomic E-state index is 5.53. The average molecular weight is 202 g/mol. The molecule has 0 spiro atoms. The minimum atomic E-state index is 0.364. The van der Waals surface area contributed by atoms with E-state index in [0.717, 1.165) is 11.1 Å². The summed E-state index contributed by atoms with van der Waals surface area (Å²) >= 11 is 0. The van der Waals surface area contributed by atoms with Crippen LogP contribution in [0.2, 0.25) is 0 Å². The van der Waals surface area contributed by atoms with Crippen molar-refractivity contribution in [3.8, 4) is 0 Å². The summed E-state index contributed by atoms with van der Waals surface area (Å²) in [5.41, 5.74) is 3.45. The summed E-state index contributed by atoms with van der Waals surface area (Å²) in [5.74, 6) is 0. The molecule has 2 rings (SSSR count). The third kappa shape index (κ3) is 1.66. The van der Waals surface area contributed by atoms with Crippen LogP contribution in [0.5, 0.6) is 0 Å². The van der Waals surface area contributed by atoms with Gasteiger partial charge in [0.1, 0.15) is 0 Å². The predicted octanol–water partition coefficient (Wildman–Crippen LogP) is 0.626. The van der Waals surface area contributed by atoms with Gasteiger partial charge in [-0.15, -0.1) is 0 Å². The van der Waals surface area contributed by atoms with Crippen LogP contribution in [0.4, 0.5) is 0 Å². The predicted molar refractivity (Wildman–Crippen MR) is 62.9 cm³/mol. The van der Waals surface area contributed by atoms with Gasteiger partial charge in [0.2, 0.25) is 0 Å². The Kier molecular flexibility index (Phi) is 2.56. The van der Waals surface area contributed by atoms with Crippen LogP contribution < -0.4 is 10.7 Å². The molecule has 0 saturated carbocycles. The van der Waals surface area contributed by atoms with Crippen LogP contribution in [-0.4, -0.2) is 18.2 Å². The second-order valence-corrected chi connectivity index (χ2v) is 3.73. The molecule has 0 saturated heterocycles. The van der Waals surface area contributed by atoms with Crippen molar-refractivity contribution in [2.24, 2.45) is 0 Å². The number of rotatable bonds is 3. The molecule has 4 N–H and O–H groups in total. The van der Waals surface area contributed by atoms with Gasteiger partial charge in [0.25, 0.3) is 0 Å². The Bertz CT molecular complexity index is 485. The molecule has 15 heavy (non-hydrogen) atoms. The largest absolute Gasteiger partial charge is 0.360 e. The molecule has 0 aliphatic carbocycles. The maximum Gasteiger partial charge on any atom is 0.169 e. The van der Waals surface area contributed by atoms with Crippen LogP contribution in [0, 0.1) is 0 Å². The Hall–Kier alpha value is -1.61. The molecular formula is C12H16N3+. The number of H-pyrrole nitrogens is 1. The smallest absolute Gasteiger partial charge is 0.169 e. The van der Waals surface area contributed by atoms with E-state index in [1.54, 1.807) is 6.21 Å². The molecule has 1 atom stereocenters. The SMILES string of the molecule is CNC(C)c1ccc2c(C=[NH2+])c[nH]c2c1. The maximum absolute atomic E-state index is 5.53. The van der Waals surface area contributed by atoms with Gasteiger partial charge in [-0.25, -0.2) is 0 Å². The van der Waals surface area contributed by atoms with Crippen LogP contribution in [-0.2, 0) is 0 Å². The van der Waals surface area contributed by atoms with E-state index in [1.807, 2.05) is 13.2 Å². The minimum Gasteiger partial charge on any atom is -0.360 e. The summed E-state index contributed by atoms with van der Waals surface area (Å²) in [5, 5.41) is 9.92. The van der Waals surface area contributed by atoms with Crippen molar-refractivity contribution in [1.82, 2.24) is 10.3 Å². The molecule has 0 amide bonds. The summed E-state index contributed by atoms with van der Waals surface area (Å²) in [4.78, 5) is 3.22. The van der Waals surface area contributed by atoms with E-state index in [4.69, 9.17) is 5.41 Å². The van der Waals surface area contributed by atoms with Gasteiger partial charge in [-0.3, -0.25) is 5.41 Å². The van der Waals surface area contributed by atoms with Crippen LogP contribution in [0.15, 0.2) is 24.4 Å². The molecule has 1 aromatic carbocycles. The number of aromatic nitrogens is 1. The van der Waals surface area contributed by atoms with Crippen molar-refractivity contribution in [3.05, 3.63) is 35.5 Å². The van der Waals surface area contributed by atoms with Crippen molar-refractivity contribution in [2.45, 2.75) is 13.0 Å². The van der Waals surface area contributed by atoms with Crippen LogP contribution in [0.1, 0.15) is 24.1 Å². The fourth-order valence-electron chi connectivity index (χ4n) is 1.74. The van der Waals surface area contributed by atoms with Crippen LogP contribution in [0.25, 0.3) is 10.9 Å². The molecule has 0 bridgehead atoms. The molecule has 2 aromatic rings. The zero-order valence-electron chi connectivity index (χ0n) is 9.04. The van der Waals surface area contributed by atoms with Gasteiger partial charge in [0.15, 0.2) is 6.21 Å². The van der Waals surface area contributed by atoms with Gasteiger partial charge >= 0.3 is 0 Å². The number of hydrogen-bond acceptors (Lipinski definition) is 1. The lowest BCUT2D eigenvalue weighted by Crippen LogP contribution is -2.29. The Balaban J connectivity index is 2.53. The number of hydrogen-bond donors (Lipinski definition) is 3. The summed E-state index contributed by atoms with van der Waals surface area (Å²) in [6.45, 7) is 2.14. The molecule has 0 fully saturated rings. The Morgan fingerprint density at radius 2 is 2.27 bits per heavy atom. The second-order valence-electron chi connectivity index (χ2n) is 3.73. The number of nitrogens with two attached hydrogens (primary N) is 1. The van der Waals surface area contributed by atoms with E-state index < -0.39 is 0 Å². The van der Waals surface area contributed by atoms with Crippen molar-refractivity contribution in [2.75, 3.05) is 7.05 Å². The molecule has 3 nitrogen and oxygen atoms in total. The quantitative estimate of drug-likeness (QED) is 0.628. The monoisotopic (exact) mass is 202 g/mol. The number of fused-ring (bicyclic) bond motifs is 1. The van der Waals surface area contributed by atoms with Crippen molar-refractivity contribution >= 4 is 17.1 Å². The van der Waals surface area contributed by atoms with E-state index in [-0.39, 0.29) is 0 Å². The van der Waals surface area contributed by atoms with Gasteiger partial charge in [0, 0.05) is 23.1 Å². The van der Waals surface area contributed by atoms with E-state index in [1.165, 1.54) is 10.9 Å². The first-order valence-electron chi connectivity index (χ1n) is 5.09. The molecule has 1 aromatic heterocycles. The lowest BCUT2D eigenvalue weighted by atomic mass is 10.1. The first kappa shape index (κ1) is 9.93. The number of aromatic amines is 1. The van der Waals surface area contributed by atoms with E-state index in [2.05, 4.69) is 35.4 Å². The van der Waals surface area contributed by atoms with E-state index in [0.29, 0.717) is 6.04 Å². The lowest BCUT2D eigenvalue weighted by molar-refractivity contribution is -0.104.